The minimum absolute atomic E-state index is 0.0906. The molecule has 6 aliphatic rings. The van der Waals surface area contributed by atoms with E-state index in [-0.39, 0.29) is 17.8 Å². The van der Waals surface area contributed by atoms with E-state index in [4.69, 9.17) is 9.73 Å². The van der Waals surface area contributed by atoms with Gasteiger partial charge in [0.25, 0.3) is 0 Å². The third-order valence-corrected chi connectivity index (χ3v) is 8.22. The second-order valence-corrected chi connectivity index (χ2v) is 10.3. The Hall–Kier alpha value is -2.79. The van der Waals surface area contributed by atoms with Gasteiger partial charge in [-0.15, -0.1) is 0 Å². The van der Waals surface area contributed by atoms with Crippen molar-refractivity contribution in [1.82, 2.24) is 5.32 Å². The molecule has 34 heavy (non-hydrogen) atoms. The predicted octanol–water partition coefficient (Wildman–Crippen LogP) is 5.17. The van der Waals surface area contributed by atoms with Crippen molar-refractivity contribution in [3.63, 3.8) is 0 Å². The molecule has 0 fully saturated rings. The summed E-state index contributed by atoms with van der Waals surface area (Å²) < 4.78 is 6.00. The third-order valence-electron chi connectivity index (χ3n) is 8.22. The average Bonchev–Trinajstić information content (AvgIpc) is 2.85. The number of rotatable bonds is 4. The zero-order chi connectivity index (χ0) is 23.2. The summed E-state index contributed by atoms with van der Waals surface area (Å²) >= 11 is 0. The van der Waals surface area contributed by atoms with Gasteiger partial charge in [-0.3, -0.25) is 0 Å². The Morgan fingerprint density at radius 1 is 1.18 bits per heavy atom. The van der Waals surface area contributed by atoms with Crippen molar-refractivity contribution in [3.05, 3.63) is 82.4 Å². The number of hydrogen-bond donors (Lipinski definition) is 3. The van der Waals surface area contributed by atoms with Gasteiger partial charge >= 0.3 is 0 Å². The fraction of sp³-hybridized carbons (Fsp3) is 0.483. The van der Waals surface area contributed by atoms with Crippen LogP contribution in [0.5, 0.6) is 0 Å². The molecule has 5 heteroatoms. The number of ether oxygens (including phenoxy) is 1. The predicted molar refractivity (Wildman–Crippen MR) is 134 cm³/mol. The number of allylic oxidation sites excluding steroid dienone is 9. The highest BCUT2D eigenvalue weighted by Gasteiger charge is 2.44. The van der Waals surface area contributed by atoms with Crippen LogP contribution in [0.4, 0.5) is 0 Å². The zero-order valence-electron chi connectivity index (χ0n) is 19.8. The Morgan fingerprint density at radius 3 is 2.94 bits per heavy atom. The maximum Gasteiger partial charge on any atom is 0.212 e. The Labute approximate surface area is 201 Å². The van der Waals surface area contributed by atoms with Crippen LogP contribution < -0.4 is 5.32 Å². The van der Waals surface area contributed by atoms with E-state index in [9.17, 15) is 10.2 Å². The molecule has 0 radical (unpaired) electrons. The number of nitrogens with one attached hydrogen (secondary N) is 1. The largest absolute Gasteiger partial charge is 0.508 e. The number of aliphatic hydroxyl groups excluding tert-OH is 2. The summed E-state index contributed by atoms with van der Waals surface area (Å²) in [7, 11) is 0. The molecule has 0 aromatic carbocycles. The van der Waals surface area contributed by atoms with Crippen molar-refractivity contribution >= 4 is 5.90 Å². The Kier molecular flexibility index (Phi) is 5.60. The highest BCUT2D eigenvalue weighted by molar-refractivity contribution is 5.90. The van der Waals surface area contributed by atoms with E-state index in [1.807, 2.05) is 12.2 Å². The number of aliphatic imine (C=N–C) groups is 1. The number of hydrogen-bond acceptors (Lipinski definition) is 5. The van der Waals surface area contributed by atoms with Gasteiger partial charge in [0.05, 0.1) is 12.7 Å². The molecular weight excluding hydrogens is 424 g/mol. The van der Waals surface area contributed by atoms with Crippen LogP contribution >= 0.6 is 0 Å². The maximum atomic E-state index is 10.6. The smallest absolute Gasteiger partial charge is 0.212 e. The van der Waals surface area contributed by atoms with Crippen LogP contribution in [0.3, 0.4) is 0 Å². The normalized spacial score (nSPS) is 35.9. The lowest BCUT2D eigenvalue weighted by Crippen LogP contribution is -2.45. The second-order valence-electron chi connectivity index (χ2n) is 10.3. The van der Waals surface area contributed by atoms with E-state index in [1.54, 1.807) is 17.2 Å². The van der Waals surface area contributed by atoms with Crippen molar-refractivity contribution in [2.75, 3.05) is 6.61 Å². The minimum Gasteiger partial charge on any atom is -0.508 e. The van der Waals surface area contributed by atoms with Crippen molar-refractivity contribution in [2.24, 2.45) is 28.7 Å². The molecular formula is C29H34N2O3. The number of aliphatic hydroxyl groups is 2. The Balaban J connectivity index is 1.35. The molecule has 5 aliphatic carbocycles. The molecule has 0 spiro atoms. The first kappa shape index (κ1) is 21.7. The monoisotopic (exact) mass is 458 g/mol. The first-order chi connectivity index (χ1) is 16.6. The Bertz CT molecular complexity index is 1120. The molecule has 1 heterocycles. The second kappa shape index (κ2) is 8.77. The molecule has 0 aromatic rings. The highest BCUT2D eigenvalue weighted by Crippen LogP contribution is 2.54. The summed E-state index contributed by atoms with van der Waals surface area (Å²) in [6.07, 6.45) is 22.4. The molecule has 0 bridgehead atoms. The van der Waals surface area contributed by atoms with Crippen LogP contribution in [0, 0.1) is 23.7 Å². The van der Waals surface area contributed by atoms with Gasteiger partial charge in [-0.05, 0) is 79.2 Å². The molecule has 0 amide bonds. The van der Waals surface area contributed by atoms with Crippen molar-refractivity contribution in [3.8, 4) is 0 Å². The molecule has 5 nitrogen and oxygen atoms in total. The van der Waals surface area contributed by atoms with Gasteiger partial charge in [0, 0.05) is 23.6 Å². The summed E-state index contributed by atoms with van der Waals surface area (Å²) in [6.45, 7) is 2.70. The first-order valence-electron chi connectivity index (χ1n) is 12.9. The van der Waals surface area contributed by atoms with E-state index in [2.05, 4.69) is 36.5 Å². The fourth-order valence-electron chi connectivity index (χ4n) is 6.66. The zero-order valence-corrected chi connectivity index (χ0v) is 19.8. The van der Waals surface area contributed by atoms with Gasteiger partial charge in [0.2, 0.25) is 5.90 Å². The van der Waals surface area contributed by atoms with Crippen LogP contribution in [0.25, 0.3) is 0 Å². The minimum atomic E-state index is -0.807. The lowest BCUT2D eigenvalue weighted by molar-refractivity contribution is 0.147. The van der Waals surface area contributed by atoms with Crippen LogP contribution in [0.15, 0.2) is 87.3 Å². The van der Waals surface area contributed by atoms with Gasteiger partial charge in [-0.25, -0.2) is 4.99 Å². The van der Waals surface area contributed by atoms with E-state index in [0.717, 1.165) is 18.5 Å². The van der Waals surface area contributed by atoms with E-state index in [1.165, 1.54) is 42.9 Å². The summed E-state index contributed by atoms with van der Waals surface area (Å²) in [5.41, 5.74) is 7.16. The molecule has 6 atom stereocenters. The molecule has 1 aliphatic heterocycles. The number of nitrogens with zero attached hydrogens (tertiary/aromatic N) is 1. The van der Waals surface area contributed by atoms with Gasteiger partial charge in [-0.2, -0.15) is 0 Å². The third kappa shape index (κ3) is 3.70. The SMILES string of the molecule is CCCOC1=NC(C2C=CC(O)=CC2O)NC(C2=CCC3CCC4=C5C(=CCC4)C=CC2C53)=C1. The van der Waals surface area contributed by atoms with Gasteiger partial charge in [0.15, 0.2) is 0 Å². The molecule has 6 rings (SSSR count). The van der Waals surface area contributed by atoms with Crippen LogP contribution in [-0.2, 0) is 4.74 Å². The van der Waals surface area contributed by atoms with Gasteiger partial charge < -0.3 is 20.3 Å². The van der Waals surface area contributed by atoms with Crippen molar-refractivity contribution in [1.29, 1.82) is 0 Å². The molecule has 0 saturated carbocycles. The van der Waals surface area contributed by atoms with E-state index >= 15 is 0 Å². The fourth-order valence-corrected chi connectivity index (χ4v) is 6.66. The van der Waals surface area contributed by atoms with Crippen molar-refractivity contribution in [2.45, 2.75) is 57.7 Å². The lowest BCUT2D eigenvalue weighted by Gasteiger charge is -2.47. The summed E-state index contributed by atoms with van der Waals surface area (Å²) in [5.74, 6) is 2.04. The molecule has 3 N–H and O–H groups in total. The molecule has 0 saturated heterocycles. The summed E-state index contributed by atoms with van der Waals surface area (Å²) in [6, 6.07) is 0. The molecule has 6 unspecified atom stereocenters. The Morgan fingerprint density at radius 2 is 2.09 bits per heavy atom. The molecule has 178 valence electrons. The van der Waals surface area contributed by atoms with Crippen LogP contribution in [0.2, 0.25) is 0 Å². The average molecular weight is 459 g/mol. The quantitative estimate of drug-likeness (QED) is 0.543. The standard InChI is InChI=1S/C29H34N2O3/c1-2-14-34-26-16-24(30-29(31-26)23-13-10-20(32)15-25(23)33)21-11-8-19-7-6-17-4-3-5-18-9-12-22(21)28(19)27(17)18/h5,9-13,15-16,19,22-23,25,28-30,32-33H,2-4,6-8,14H2,1H3. The maximum absolute atomic E-state index is 10.6. The van der Waals surface area contributed by atoms with E-state index in [0.29, 0.717) is 30.3 Å². The van der Waals surface area contributed by atoms with Crippen LogP contribution in [-0.4, -0.2) is 35.0 Å². The van der Waals surface area contributed by atoms with Gasteiger partial charge in [-0.1, -0.05) is 42.9 Å². The van der Waals surface area contributed by atoms with E-state index < -0.39 is 6.10 Å². The molecule has 0 aromatic heterocycles. The van der Waals surface area contributed by atoms with Crippen molar-refractivity contribution < 1.29 is 14.9 Å². The lowest BCUT2D eigenvalue weighted by atomic mass is 9.58. The highest BCUT2D eigenvalue weighted by atomic mass is 16.5. The summed E-state index contributed by atoms with van der Waals surface area (Å²) in [4.78, 5) is 4.79. The van der Waals surface area contributed by atoms with Gasteiger partial charge in [0.1, 0.15) is 11.9 Å². The topological polar surface area (TPSA) is 74.1 Å². The first-order valence-corrected chi connectivity index (χ1v) is 12.9. The summed E-state index contributed by atoms with van der Waals surface area (Å²) in [5, 5.41) is 24.1. The van der Waals surface area contributed by atoms with Crippen LogP contribution in [0.1, 0.15) is 45.4 Å².